The summed E-state index contributed by atoms with van der Waals surface area (Å²) in [5.41, 5.74) is 8.56. The molecule has 1 heteroatoms. The highest BCUT2D eigenvalue weighted by Crippen LogP contribution is 2.38. The highest BCUT2D eigenvalue weighted by Gasteiger charge is 2.15. The number of aryl methyl sites for hydroxylation is 1. The third kappa shape index (κ3) is 2.21. The molecular weight excluding hydrogens is 266 g/mol. The summed E-state index contributed by atoms with van der Waals surface area (Å²) in [5.74, 6) is 0. The van der Waals surface area contributed by atoms with E-state index < -0.39 is 0 Å². The number of hydrogen-bond acceptors (Lipinski definition) is 1. The molecule has 1 N–H and O–H groups in total. The Morgan fingerprint density at radius 2 is 1.50 bits per heavy atom. The van der Waals surface area contributed by atoms with E-state index in [2.05, 4.69) is 91.1 Å². The molecule has 1 aliphatic heterocycles. The molecule has 22 heavy (non-hydrogen) atoms. The maximum atomic E-state index is 3.58. The summed E-state index contributed by atoms with van der Waals surface area (Å²) in [5, 5.41) is 3.58. The van der Waals surface area contributed by atoms with Gasteiger partial charge in [0.15, 0.2) is 0 Å². The van der Waals surface area contributed by atoms with Crippen LogP contribution in [0.25, 0.3) is 11.6 Å². The molecule has 3 aromatic carbocycles. The van der Waals surface area contributed by atoms with Gasteiger partial charge in [0.25, 0.3) is 0 Å². The van der Waals surface area contributed by atoms with Gasteiger partial charge in [-0.2, -0.15) is 0 Å². The Labute approximate surface area is 130 Å². The van der Waals surface area contributed by atoms with Crippen LogP contribution in [-0.4, -0.2) is 0 Å². The summed E-state index contributed by atoms with van der Waals surface area (Å²) in [6, 6.07) is 25.6. The minimum atomic E-state index is 1.15. The van der Waals surface area contributed by atoms with E-state index in [1.165, 1.54) is 27.8 Å². The van der Waals surface area contributed by atoms with Gasteiger partial charge in [-0.15, -0.1) is 0 Å². The van der Waals surface area contributed by atoms with E-state index in [1.807, 2.05) is 0 Å². The number of benzene rings is 3. The maximum absolute atomic E-state index is 3.58. The average Bonchev–Trinajstić information content (AvgIpc) is 2.72. The lowest BCUT2D eigenvalue weighted by atomic mass is 9.94. The van der Waals surface area contributed by atoms with Gasteiger partial charge in [-0.05, 0) is 47.9 Å². The summed E-state index contributed by atoms with van der Waals surface area (Å²) >= 11 is 0. The number of para-hydroxylation sites is 1. The Balaban J connectivity index is 2.01. The van der Waals surface area contributed by atoms with Gasteiger partial charge in [-0.3, -0.25) is 0 Å². The summed E-state index contributed by atoms with van der Waals surface area (Å²) in [7, 11) is 0. The third-order valence-corrected chi connectivity index (χ3v) is 4.08. The lowest BCUT2D eigenvalue weighted by Crippen LogP contribution is -1.95. The molecule has 106 valence electrons. The maximum Gasteiger partial charge on any atom is 0.0464 e. The standard InChI is InChI=1S/C21H17N/c1-15-11-12-21-19(13-15)18(16-7-3-2-4-8-16)14-17-9-5-6-10-20(17)22-21/h2-14,22H,1H3. The fraction of sp³-hybridized carbons (Fsp3) is 0.0476. The molecule has 1 heterocycles. The van der Waals surface area contributed by atoms with Gasteiger partial charge in [0.1, 0.15) is 0 Å². The first-order valence-electron chi connectivity index (χ1n) is 7.55. The predicted octanol–water partition coefficient (Wildman–Crippen LogP) is 5.64. The minimum absolute atomic E-state index is 1.15. The van der Waals surface area contributed by atoms with Gasteiger partial charge in [0.05, 0.1) is 0 Å². The molecule has 4 rings (SSSR count). The monoisotopic (exact) mass is 283 g/mol. The van der Waals surface area contributed by atoms with Crippen LogP contribution in [0.15, 0.2) is 72.8 Å². The molecular formula is C21H17N. The lowest BCUT2D eigenvalue weighted by Gasteiger charge is -2.13. The van der Waals surface area contributed by atoms with Crippen molar-refractivity contribution >= 4 is 23.0 Å². The summed E-state index contributed by atoms with van der Waals surface area (Å²) in [6.45, 7) is 2.14. The summed E-state index contributed by atoms with van der Waals surface area (Å²) in [6.07, 6.45) is 2.28. The molecule has 0 aromatic heterocycles. The molecule has 0 bridgehead atoms. The van der Waals surface area contributed by atoms with E-state index in [1.54, 1.807) is 0 Å². The number of anilines is 2. The van der Waals surface area contributed by atoms with Crippen molar-refractivity contribution < 1.29 is 0 Å². The zero-order valence-electron chi connectivity index (χ0n) is 12.5. The molecule has 0 atom stereocenters. The van der Waals surface area contributed by atoms with Crippen LogP contribution < -0.4 is 5.32 Å². The second kappa shape index (κ2) is 5.19. The zero-order chi connectivity index (χ0) is 14.9. The first kappa shape index (κ1) is 12.9. The van der Waals surface area contributed by atoms with Crippen molar-refractivity contribution in [3.63, 3.8) is 0 Å². The quantitative estimate of drug-likeness (QED) is 0.476. The van der Waals surface area contributed by atoms with E-state index in [0.29, 0.717) is 0 Å². The summed E-state index contributed by atoms with van der Waals surface area (Å²) < 4.78 is 0. The van der Waals surface area contributed by atoms with Crippen molar-refractivity contribution in [2.45, 2.75) is 6.92 Å². The average molecular weight is 283 g/mol. The van der Waals surface area contributed by atoms with Crippen molar-refractivity contribution in [2.75, 3.05) is 5.32 Å². The van der Waals surface area contributed by atoms with E-state index in [9.17, 15) is 0 Å². The number of fused-ring (bicyclic) bond motifs is 2. The van der Waals surface area contributed by atoms with Crippen molar-refractivity contribution in [3.05, 3.63) is 95.1 Å². The molecule has 0 saturated carbocycles. The molecule has 3 aromatic rings. The van der Waals surface area contributed by atoms with Crippen LogP contribution in [0.1, 0.15) is 22.3 Å². The molecule has 1 aliphatic rings. The first-order chi connectivity index (χ1) is 10.8. The van der Waals surface area contributed by atoms with Crippen LogP contribution in [-0.2, 0) is 0 Å². The Kier molecular flexibility index (Phi) is 3.05. The van der Waals surface area contributed by atoms with Gasteiger partial charge >= 0.3 is 0 Å². The lowest BCUT2D eigenvalue weighted by molar-refractivity contribution is 1.43. The smallest absolute Gasteiger partial charge is 0.0464 e. The van der Waals surface area contributed by atoms with Crippen molar-refractivity contribution in [1.82, 2.24) is 0 Å². The van der Waals surface area contributed by atoms with Crippen LogP contribution in [0.3, 0.4) is 0 Å². The highest BCUT2D eigenvalue weighted by atomic mass is 14.9. The third-order valence-electron chi connectivity index (χ3n) is 4.08. The Morgan fingerprint density at radius 1 is 0.727 bits per heavy atom. The van der Waals surface area contributed by atoms with Crippen LogP contribution in [0.4, 0.5) is 11.4 Å². The predicted molar refractivity (Wildman–Crippen MR) is 94.3 cm³/mol. The van der Waals surface area contributed by atoms with Crippen molar-refractivity contribution in [1.29, 1.82) is 0 Å². The zero-order valence-corrected chi connectivity index (χ0v) is 12.5. The Morgan fingerprint density at radius 3 is 2.36 bits per heavy atom. The minimum Gasteiger partial charge on any atom is -0.355 e. The second-order valence-corrected chi connectivity index (χ2v) is 5.69. The van der Waals surface area contributed by atoms with Gasteiger partial charge in [-0.25, -0.2) is 0 Å². The van der Waals surface area contributed by atoms with Crippen LogP contribution >= 0.6 is 0 Å². The van der Waals surface area contributed by atoms with E-state index in [-0.39, 0.29) is 0 Å². The molecule has 0 aliphatic carbocycles. The van der Waals surface area contributed by atoms with E-state index >= 15 is 0 Å². The molecule has 0 unspecified atom stereocenters. The van der Waals surface area contributed by atoms with Gasteiger partial charge < -0.3 is 5.32 Å². The highest BCUT2D eigenvalue weighted by molar-refractivity contribution is 6.00. The molecule has 1 nitrogen and oxygen atoms in total. The molecule has 0 spiro atoms. The van der Waals surface area contributed by atoms with Crippen LogP contribution in [0, 0.1) is 6.92 Å². The topological polar surface area (TPSA) is 12.0 Å². The Bertz CT molecular complexity index is 860. The van der Waals surface area contributed by atoms with Crippen molar-refractivity contribution in [2.24, 2.45) is 0 Å². The number of hydrogen-bond donors (Lipinski definition) is 1. The Hall–Kier alpha value is -2.80. The van der Waals surface area contributed by atoms with Gasteiger partial charge in [0, 0.05) is 16.9 Å². The normalized spacial score (nSPS) is 12.5. The van der Waals surface area contributed by atoms with Gasteiger partial charge in [-0.1, -0.05) is 60.2 Å². The molecule has 0 fully saturated rings. The summed E-state index contributed by atoms with van der Waals surface area (Å²) in [4.78, 5) is 0. The molecule has 0 amide bonds. The number of rotatable bonds is 1. The van der Waals surface area contributed by atoms with Crippen LogP contribution in [0.2, 0.25) is 0 Å². The van der Waals surface area contributed by atoms with Gasteiger partial charge in [0.2, 0.25) is 0 Å². The first-order valence-corrected chi connectivity index (χ1v) is 7.55. The molecule has 0 saturated heterocycles. The van der Waals surface area contributed by atoms with E-state index in [0.717, 1.165) is 11.4 Å². The second-order valence-electron chi connectivity index (χ2n) is 5.69. The van der Waals surface area contributed by atoms with Crippen LogP contribution in [0.5, 0.6) is 0 Å². The molecule has 0 radical (unpaired) electrons. The van der Waals surface area contributed by atoms with E-state index in [4.69, 9.17) is 0 Å². The largest absolute Gasteiger partial charge is 0.355 e. The number of nitrogens with one attached hydrogen (secondary N) is 1. The SMILES string of the molecule is Cc1ccc2c(c1)C(c1ccccc1)=Cc1ccccc1N2. The fourth-order valence-corrected chi connectivity index (χ4v) is 2.96. The fourth-order valence-electron chi connectivity index (χ4n) is 2.96. The van der Waals surface area contributed by atoms with Crippen molar-refractivity contribution in [3.8, 4) is 0 Å².